The number of hydrogen-bond donors (Lipinski definition) is 3. The van der Waals surface area contributed by atoms with Crippen LogP contribution in [0.4, 0.5) is 0 Å². The van der Waals surface area contributed by atoms with Crippen LogP contribution in [0.15, 0.2) is 12.1 Å². The Kier molecular flexibility index (Phi) is 5.21. The first kappa shape index (κ1) is 14.6. The molecule has 1 aromatic rings. The van der Waals surface area contributed by atoms with Crippen LogP contribution in [0.3, 0.4) is 0 Å². The van der Waals surface area contributed by atoms with E-state index in [0.29, 0.717) is 22.8 Å². The van der Waals surface area contributed by atoms with E-state index < -0.39 is 12.1 Å². The number of hydrogen-bond acceptors (Lipinski definition) is 6. The summed E-state index contributed by atoms with van der Waals surface area (Å²) in [6.45, 7) is -0.335. The van der Waals surface area contributed by atoms with Gasteiger partial charge < -0.3 is 30.2 Å². The summed E-state index contributed by atoms with van der Waals surface area (Å²) in [5.74, 6) is 1.21. The van der Waals surface area contributed by atoms with Crippen LogP contribution in [-0.4, -0.2) is 44.2 Å². The number of rotatable bonds is 6. The molecule has 1 aromatic carbocycles. The molecule has 6 heteroatoms. The fourth-order valence-electron chi connectivity index (χ4n) is 1.69. The maximum atomic E-state index is 10.0. The van der Waals surface area contributed by atoms with Gasteiger partial charge in [-0.05, 0) is 12.1 Å². The third kappa shape index (κ3) is 2.66. The standard InChI is InChI=1S/C12H19NO5/c1-16-9-5-4-7(10(15)8(13)6-14)11(17-2)12(9)18-3/h4-5,8,10,14-15H,6,13H2,1-3H3. The van der Waals surface area contributed by atoms with Crippen molar-refractivity contribution in [2.75, 3.05) is 27.9 Å². The molecule has 2 unspecified atom stereocenters. The molecule has 1 rings (SSSR count). The third-order valence-electron chi connectivity index (χ3n) is 2.67. The van der Waals surface area contributed by atoms with Crippen LogP contribution in [0.2, 0.25) is 0 Å². The van der Waals surface area contributed by atoms with Crippen molar-refractivity contribution < 1.29 is 24.4 Å². The van der Waals surface area contributed by atoms with E-state index in [1.807, 2.05) is 0 Å². The molecule has 0 amide bonds. The molecule has 0 aromatic heterocycles. The first-order valence-corrected chi connectivity index (χ1v) is 5.44. The fraction of sp³-hybridized carbons (Fsp3) is 0.500. The lowest BCUT2D eigenvalue weighted by molar-refractivity contribution is 0.106. The Bertz CT molecular complexity index is 396. The monoisotopic (exact) mass is 257 g/mol. The minimum absolute atomic E-state index is 0.335. The molecule has 2 atom stereocenters. The van der Waals surface area contributed by atoms with Gasteiger partial charge in [0, 0.05) is 5.56 Å². The maximum Gasteiger partial charge on any atom is 0.203 e. The Labute approximate surface area is 106 Å². The summed E-state index contributed by atoms with van der Waals surface area (Å²) >= 11 is 0. The van der Waals surface area contributed by atoms with Crippen molar-refractivity contribution in [3.05, 3.63) is 17.7 Å². The van der Waals surface area contributed by atoms with E-state index in [4.69, 9.17) is 25.1 Å². The summed E-state index contributed by atoms with van der Waals surface area (Å²) in [4.78, 5) is 0. The first-order valence-electron chi connectivity index (χ1n) is 5.44. The highest BCUT2D eigenvalue weighted by atomic mass is 16.5. The highest BCUT2D eigenvalue weighted by molar-refractivity contribution is 5.56. The van der Waals surface area contributed by atoms with Crippen molar-refractivity contribution in [3.8, 4) is 17.2 Å². The van der Waals surface area contributed by atoms with Crippen LogP contribution < -0.4 is 19.9 Å². The van der Waals surface area contributed by atoms with Crippen molar-refractivity contribution in [1.29, 1.82) is 0 Å². The zero-order valence-corrected chi connectivity index (χ0v) is 10.7. The normalized spacial score (nSPS) is 13.9. The summed E-state index contributed by atoms with van der Waals surface area (Å²) in [7, 11) is 4.44. The van der Waals surface area contributed by atoms with Crippen molar-refractivity contribution in [2.45, 2.75) is 12.1 Å². The number of methoxy groups -OCH3 is 3. The predicted octanol–water partition coefficient (Wildman–Crippen LogP) is 0.0654. The second-order valence-electron chi connectivity index (χ2n) is 3.71. The van der Waals surface area contributed by atoms with Crippen molar-refractivity contribution in [2.24, 2.45) is 5.73 Å². The Hall–Kier alpha value is -1.50. The molecule has 0 aliphatic rings. The van der Waals surface area contributed by atoms with E-state index in [1.54, 1.807) is 12.1 Å². The van der Waals surface area contributed by atoms with Crippen LogP contribution in [-0.2, 0) is 0 Å². The number of benzene rings is 1. The summed E-state index contributed by atoms with van der Waals surface area (Å²) in [5, 5.41) is 19.0. The number of ether oxygens (including phenoxy) is 3. The van der Waals surface area contributed by atoms with Gasteiger partial charge in [-0.2, -0.15) is 0 Å². The topological polar surface area (TPSA) is 94.2 Å². The van der Waals surface area contributed by atoms with Gasteiger partial charge in [0.1, 0.15) is 6.10 Å². The molecule has 0 bridgehead atoms. The predicted molar refractivity (Wildman–Crippen MR) is 66.1 cm³/mol. The molecule has 0 saturated carbocycles. The summed E-state index contributed by atoms with van der Waals surface area (Å²) in [6, 6.07) is 2.47. The second kappa shape index (κ2) is 6.44. The largest absolute Gasteiger partial charge is 0.493 e. The molecule has 0 heterocycles. The molecule has 0 aliphatic heterocycles. The zero-order chi connectivity index (χ0) is 13.7. The lowest BCUT2D eigenvalue weighted by Crippen LogP contribution is -2.32. The number of aliphatic hydroxyl groups is 2. The van der Waals surface area contributed by atoms with Crippen molar-refractivity contribution >= 4 is 0 Å². The molecule has 0 saturated heterocycles. The van der Waals surface area contributed by atoms with Gasteiger partial charge in [0.2, 0.25) is 5.75 Å². The quantitative estimate of drug-likeness (QED) is 0.667. The molecule has 6 nitrogen and oxygen atoms in total. The van der Waals surface area contributed by atoms with Gasteiger partial charge in [-0.3, -0.25) is 0 Å². The minimum Gasteiger partial charge on any atom is -0.493 e. The smallest absolute Gasteiger partial charge is 0.203 e. The summed E-state index contributed by atoms with van der Waals surface area (Å²) < 4.78 is 15.6. The Morgan fingerprint density at radius 3 is 2.17 bits per heavy atom. The molecule has 0 fully saturated rings. The molecular formula is C12H19NO5. The highest BCUT2D eigenvalue weighted by Gasteiger charge is 2.24. The molecular weight excluding hydrogens is 238 g/mol. The van der Waals surface area contributed by atoms with Crippen LogP contribution in [0.5, 0.6) is 17.2 Å². The molecule has 4 N–H and O–H groups in total. The van der Waals surface area contributed by atoms with E-state index in [9.17, 15) is 5.11 Å². The zero-order valence-electron chi connectivity index (χ0n) is 10.7. The molecule has 0 aliphatic carbocycles. The number of aliphatic hydroxyl groups excluding tert-OH is 2. The van der Waals surface area contributed by atoms with Crippen molar-refractivity contribution in [3.63, 3.8) is 0 Å². The third-order valence-corrected chi connectivity index (χ3v) is 2.67. The Morgan fingerprint density at radius 1 is 1.11 bits per heavy atom. The van der Waals surface area contributed by atoms with E-state index in [1.165, 1.54) is 21.3 Å². The number of nitrogens with two attached hydrogens (primary N) is 1. The lowest BCUT2D eigenvalue weighted by Gasteiger charge is -2.21. The summed E-state index contributed by atoms with van der Waals surface area (Å²) in [5.41, 5.74) is 6.05. The second-order valence-corrected chi connectivity index (χ2v) is 3.71. The van der Waals surface area contributed by atoms with E-state index in [0.717, 1.165) is 0 Å². The first-order chi connectivity index (χ1) is 8.60. The SMILES string of the molecule is COc1ccc(C(O)C(N)CO)c(OC)c1OC. The van der Waals surface area contributed by atoms with Gasteiger partial charge in [0.15, 0.2) is 11.5 Å². The van der Waals surface area contributed by atoms with Crippen LogP contribution in [0.1, 0.15) is 11.7 Å². The van der Waals surface area contributed by atoms with Gasteiger partial charge >= 0.3 is 0 Å². The van der Waals surface area contributed by atoms with E-state index >= 15 is 0 Å². The Morgan fingerprint density at radius 2 is 1.72 bits per heavy atom. The van der Waals surface area contributed by atoms with Gasteiger partial charge in [-0.25, -0.2) is 0 Å². The van der Waals surface area contributed by atoms with Gasteiger partial charge in [0.05, 0.1) is 34.0 Å². The van der Waals surface area contributed by atoms with Crippen LogP contribution in [0.25, 0.3) is 0 Å². The van der Waals surface area contributed by atoms with E-state index in [2.05, 4.69) is 0 Å². The van der Waals surface area contributed by atoms with Gasteiger partial charge in [-0.1, -0.05) is 0 Å². The Balaban J connectivity index is 3.28. The minimum atomic E-state index is -1.05. The summed E-state index contributed by atoms with van der Waals surface area (Å²) in [6.07, 6.45) is -1.05. The van der Waals surface area contributed by atoms with E-state index in [-0.39, 0.29) is 6.61 Å². The van der Waals surface area contributed by atoms with Gasteiger partial charge in [0.25, 0.3) is 0 Å². The van der Waals surface area contributed by atoms with Crippen LogP contribution >= 0.6 is 0 Å². The molecule has 0 radical (unpaired) electrons. The van der Waals surface area contributed by atoms with Crippen LogP contribution in [0, 0.1) is 0 Å². The molecule has 18 heavy (non-hydrogen) atoms. The average Bonchev–Trinajstić information content (AvgIpc) is 2.43. The maximum absolute atomic E-state index is 10.0. The lowest BCUT2D eigenvalue weighted by atomic mass is 10.0. The molecule has 102 valence electrons. The highest BCUT2D eigenvalue weighted by Crippen LogP contribution is 2.42. The van der Waals surface area contributed by atoms with Crippen molar-refractivity contribution in [1.82, 2.24) is 0 Å². The average molecular weight is 257 g/mol. The van der Waals surface area contributed by atoms with Gasteiger partial charge in [-0.15, -0.1) is 0 Å². The molecule has 0 spiro atoms. The fourth-order valence-corrected chi connectivity index (χ4v) is 1.69.